The van der Waals surface area contributed by atoms with Crippen molar-refractivity contribution < 1.29 is 9.32 Å². The van der Waals surface area contributed by atoms with Crippen molar-refractivity contribution in [1.29, 1.82) is 0 Å². The standard InChI is InChI=1S/C5H5NO2.H4N2/c1-4-5(3-7)2-6-8-4;1-2/h2-3H,1H3;1-2H2. The predicted molar refractivity (Wildman–Crippen MR) is 35.0 cm³/mol. The molecule has 0 saturated heterocycles. The van der Waals surface area contributed by atoms with Crippen LogP contribution in [0.4, 0.5) is 0 Å². The molecule has 0 aliphatic carbocycles. The zero-order valence-corrected chi connectivity index (χ0v) is 5.57. The van der Waals surface area contributed by atoms with Crippen molar-refractivity contribution in [2.24, 2.45) is 11.7 Å². The summed E-state index contributed by atoms with van der Waals surface area (Å²) >= 11 is 0. The van der Waals surface area contributed by atoms with Gasteiger partial charge in [-0.15, -0.1) is 0 Å². The number of rotatable bonds is 1. The molecule has 1 aromatic heterocycles. The van der Waals surface area contributed by atoms with Crippen LogP contribution in [0.2, 0.25) is 0 Å². The summed E-state index contributed by atoms with van der Waals surface area (Å²) in [5.74, 6) is 8.57. The molecular weight excluding hydrogens is 134 g/mol. The Morgan fingerprint density at radius 1 is 1.70 bits per heavy atom. The normalized spacial score (nSPS) is 7.90. The maximum atomic E-state index is 9.99. The maximum Gasteiger partial charge on any atom is 0.155 e. The molecule has 0 aromatic carbocycles. The maximum absolute atomic E-state index is 9.99. The van der Waals surface area contributed by atoms with Crippen molar-refractivity contribution in [2.75, 3.05) is 0 Å². The fourth-order valence-corrected chi connectivity index (χ4v) is 0.419. The van der Waals surface area contributed by atoms with Gasteiger partial charge < -0.3 is 4.52 Å². The fraction of sp³-hybridized carbons (Fsp3) is 0.200. The highest BCUT2D eigenvalue weighted by atomic mass is 16.5. The van der Waals surface area contributed by atoms with Crippen molar-refractivity contribution >= 4 is 6.29 Å². The second-order valence-electron chi connectivity index (χ2n) is 1.46. The molecule has 0 unspecified atom stereocenters. The third kappa shape index (κ3) is 1.96. The van der Waals surface area contributed by atoms with Gasteiger partial charge in [0.1, 0.15) is 5.76 Å². The van der Waals surface area contributed by atoms with Crippen molar-refractivity contribution in [2.45, 2.75) is 6.92 Å². The predicted octanol–water partition coefficient (Wildman–Crippen LogP) is -0.386. The van der Waals surface area contributed by atoms with E-state index < -0.39 is 0 Å². The highest BCUT2D eigenvalue weighted by Gasteiger charge is 1.97. The zero-order valence-electron chi connectivity index (χ0n) is 5.57. The minimum Gasteiger partial charge on any atom is -0.361 e. The smallest absolute Gasteiger partial charge is 0.155 e. The van der Waals surface area contributed by atoms with Crippen molar-refractivity contribution in [1.82, 2.24) is 5.16 Å². The van der Waals surface area contributed by atoms with E-state index in [0.717, 1.165) is 0 Å². The molecule has 5 heteroatoms. The Hall–Kier alpha value is -1.20. The number of aryl methyl sites for hydroxylation is 1. The van der Waals surface area contributed by atoms with Crippen LogP contribution in [0.5, 0.6) is 0 Å². The summed E-state index contributed by atoms with van der Waals surface area (Å²) in [5, 5.41) is 3.39. The molecule has 0 saturated carbocycles. The molecule has 1 rings (SSSR count). The fourth-order valence-electron chi connectivity index (χ4n) is 0.419. The lowest BCUT2D eigenvalue weighted by atomic mass is 10.3. The molecule has 0 amide bonds. The minimum atomic E-state index is 0.519. The van der Waals surface area contributed by atoms with E-state index in [1.807, 2.05) is 0 Å². The molecule has 5 nitrogen and oxygen atoms in total. The van der Waals surface area contributed by atoms with Crippen LogP contribution in [-0.4, -0.2) is 11.4 Å². The summed E-state index contributed by atoms with van der Waals surface area (Å²) in [5.41, 5.74) is 0.519. The van der Waals surface area contributed by atoms with Crippen LogP contribution in [0.3, 0.4) is 0 Å². The van der Waals surface area contributed by atoms with Crippen LogP contribution in [-0.2, 0) is 0 Å². The lowest BCUT2D eigenvalue weighted by Crippen LogP contribution is -2.02. The molecule has 0 radical (unpaired) electrons. The van der Waals surface area contributed by atoms with Crippen molar-refractivity contribution in [3.05, 3.63) is 17.5 Å². The number of aldehydes is 1. The molecule has 0 atom stereocenters. The van der Waals surface area contributed by atoms with Gasteiger partial charge in [0.25, 0.3) is 0 Å². The van der Waals surface area contributed by atoms with Gasteiger partial charge in [0.05, 0.1) is 11.8 Å². The summed E-state index contributed by atoms with van der Waals surface area (Å²) in [4.78, 5) is 9.99. The van der Waals surface area contributed by atoms with Crippen molar-refractivity contribution in [3.63, 3.8) is 0 Å². The van der Waals surface area contributed by atoms with Gasteiger partial charge in [0, 0.05) is 0 Å². The largest absolute Gasteiger partial charge is 0.361 e. The van der Waals surface area contributed by atoms with E-state index in [0.29, 0.717) is 17.6 Å². The zero-order chi connectivity index (χ0) is 7.98. The Labute approximate surface area is 57.9 Å². The number of nitrogens with two attached hydrogens (primary N) is 2. The van der Waals surface area contributed by atoms with Gasteiger partial charge in [-0.05, 0) is 6.92 Å². The summed E-state index contributed by atoms with van der Waals surface area (Å²) in [6.45, 7) is 1.69. The molecule has 4 N–H and O–H groups in total. The molecule has 1 aromatic rings. The third-order valence-corrected chi connectivity index (χ3v) is 0.915. The number of hydrogen-bond acceptors (Lipinski definition) is 5. The van der Waals surface area contributed by atoms with Crippen LogP contribution < -0.4 is 11.7 Å². The molecule has 0 aliphatic heterocycles. The highest BCUT2D eigenvalue weighted by Crippen LogP contribution is 2.00. The van der Waals surface area contributed by atoms with Gasteiger partial charge in [-0.25, -0.2) is 0 Å². The molecule has 0 aliphatic rings. The molecule has 0 bridgehead atoms. The molecule has 0 spiro atoms. The van der Waals surface area contributed by atoms with E-state index in [-0.39, 0.29) is 0 Å². The van der Waals surface area contributed by atoms with Gasteiger partial charge in [0.2, 0.25) is 0 Å². The first-order valence-corrected chi connectivity index (χ1v) is 2.54. The molecule has 56 valence electrons. The number of aromatic nitrogens is 1. The molecule has 1 heterocycles. The highest BCUT2D eigenvalue weighted by molar-refractivity contribution is 5.75. The van der Waals surface area contributed by atoms with E-state index in [1.165, 1.54) is 6.20 Å². The molecule has 10 heavy (non-hydrogen) atoms. The number of hydrogen-bond donors (Lipinski definition) is 2. The number of carbonyl (C=O) groups is 1. The van der Waals surface area contributed by atoms with Crippen LogP contribution in [0, 0.1) is 6.92 Å². The molecule has 0 fully saturated rings. The van der Waals surface area contributed by atoms with Gasteiger partial charge in [-0.2, -0.15) is 0 Å². The van der Waals surface area contributed by atoms with E-state index in [9.17, 15) is 4.79 Å². The summed E-state index contributed by atoms with van der Waals surface area (Å²) < 4.78 is 4.57. The Kier molecular flexibility index (Phi) is 4.10. The average Bonchev–Trinajstić information content (AvgIpc) is 2.39. The first kappa shape index (κ1) is 8.80. The minimum absolute atomic E-state index is 0.519. The third-order valence-electron chi connectivity index (χ3n) is 0.915. The lowest BCUT2D eigenvalue weighted by molar-refractivity contribution is 0.112. The lowest BCUT2D eigenvalue weighted by Gasteiger charge is -1.75. The number of nitrogens with zero attached hydrogens (tertiary/aromatic N) is 1. The van der Waals surface area contributed by atoms with Crippen LogP contribution >= 0.6 is 0 Å². The van der Waals surface area contributed by atoms with Crippen molar-refractivity contribution in [3.8, 4) is 0 Å². The number of hydrazine groups is 1. The van der Waals surface area contributed by atoms with E-state index in [4.69, 9.17) is 0 Å². The summed E-state index contributed by atoms with van der Waals surface area (Å²) in [7, 11) is 0. The summed E-state index contributed by atoms with van der Waals surface area (Å²) in [6.07, 6.45) is 2.11. The van der Waals surface area contributed by atoms with Crippen LogP contribution in [0.25, 0.3) is 0 Å². The van der Waals surface area contributed by atoms with Crippen LogP contribution in [0.15, 0.2) is 10.7 Å². The van der Waals surface area contributed by atoms with E-state index in [1.54, 1.807) is 6.92 Å². The Morgan fingerprint density at radius 3 is 2.50 bits per heavy atom. The molecular formula is C5H9N3O2. The van der Waals surface area contributed by atoms with E-state index >= 15 is 0 Å². The first-order chi connectivity index (χ1) is 4.84. The Bertz CT molecular complexity index is 197. The number of carbonyl (C=O) groups excluding carboxylic acids is 1. The van der Waals surface area contributed by atoms with Gasteiger partial charge >= 0.3 is 0 Å². The SMILES string of the molecule is Cc1oncc1C=O.NN. The topological polar surface area (TPSA) is 95.1 Å². The second-order valence-corrected chi connectivity index (χ2v) is 1.46. The van der Waals surface area contributed by atoms with Gasteiger partial charge in [-0.1, -0.05) is 5.16 Å². The quantitative estimate of drug-likeness (QED) is 0.317. The average molecular weight is 143 g/mol. The second kappa shape index (κ2) is 4.66. The van der Waals surface area contributed by atoms with Gasteiger partial charge in [-0.3, -0.25) is 16.5 Å². The van der Waals surface area contributed by atoms with E-state index in [2.05, 4.69) is 21.4 Å². The van der Waals surface area contributed by atoms with Crippen LogP contribution in [0.1, 0.15) is 16.1 Å². The first-order valence-electron chi connectivity index (χ1n) is 2.54. The monoisotopic (exact) mass is 143 g/mol. The summed E-state index contributed by atoms with van der Waals surface area (Å²) in [6, 6.07) is 0. The Balaban J connectivity index is 0.000000371. The van der Waals surface area contributed by atoms with Gasteiger partial charge in [0.15, 0.2) is 6.29 Å². The Morgan fingerprint density at radius 2 is 2.30 bits per heavy atom.